The Bertz CT molecular complexity index is 161. The Labute approximate surface area is 80.3 Å². The van der Waals surface area contributed by atoms with E-state index in [9.17, 15) is 4.39 Å². The van der Waals surface area contributed by atoms with Crippen LogP contribution in [0.4, 0.5) is 4.39 Å². The molecule has 2 N–H and O–H groups in total. The predicted molar refractivity (Wildman–Crippen MR) is 53.5 cm³/mol. The number of halogens is 1. The summed E-state index contributed by atoms with van der Waals surface area (Å²) in [7, 11) is 0. The van der Waals surface area contributed by atoms with Crippen LogP contribution in [-0.2, 0) is 0 Å². The first-order valence-corrected chi connectivity index (χ1v) is 5.20. The molecular formula is C10H21FN2. The molecule has 0 aromatic rings. The van der Waals surface area contributed by atoms with E-state index >= 15 is 0 Å². The lowest BCUT2D eigenvalue weighted by Gasteiger charge is -2.25. The normalized spacial score (nSPS) is 32.1. The second-order valence-electron chi connectivity index (χ2n) is 4.34. The number of nitrogens with two attached hydrogens (primary N) is 1. The van der Waals surface area contributed by atoms with E-state index in [1.807, 2.05) is 0 Å². The van der Waals surface area contributed by atoms with Crippen molar-refractivity contribution in [2.24, 2.45) is 5.73 Å². The van der Waals surface area contributed by atoms with Crippen molar-refractivity contribution in [1.82, 2.24) is 4.90 Å². The first kappa shape index (κ1) is 10.9. The summed E-state index contributed by atoms with van der Waals surface area (Å²) in [6, 6.07) is 0.528. The molecule has 0 bridgehead atoms. The highest BCUT2D eigenvalue weighted by molar-refractivity contribution is 4.85. The van der Waals surface area contributed by atoms with Crippen molar-refractivity contribution in [3.8, 4) is 0 Å². The lowest BCUT2D eigenvalue weighted by Crippen LogP contribution is -2.36. The van der Waals surface area contributed by atoms with E-state index in [4.69, 9.17) is 5.73 Å². The third kappa shape index (κ3) is 2.92. The molecular weight excluding hydrogens is 167 g/mol. The number of hydrogen-bond acceptors (Lipinski definition) is 2. The third-order valence-corrected chi connectivity index (χ3v) is 3.01. The van der Waals surface area contributed by atoms with Crippen LogP contribution in [0.5, 0.6) is 0 Å². The zero-order chi connectivity index (χ0) is 9.90. The second-order valence-corrected chi connectivity index (χ2v) is 4.34. The molecule has 1 atom stereocenters. The highest BCUT2D eigenvalue weighted by atomic mass is 19.1. The standard InChI is InChI=1S/C10H21FN2/c1-9(2)13-6-3-4-10(11,8-12)5-7-13/h9H,3-8,12H2,1-2H3. The molecule has 0 aliphatic carbocycles. The topological polar surface area (TPSA) is 29.3 Å². The van der Waals surface area contributed by atoms with Crippen LogP contribution in [-0.4, -0.2) is 36.2 Å². The molecule has 1 unspecified atom stereocenters. The fourth-order valence-electron chi connectivity index (χ4n) is 1.90. The van der Waals surface area contributed by atoms with Gasteiger partial charge in [-0.1, -0.05) is 0 Å². The lowest BCUT2D eigenvalue weighted by molar-refractivity contribution is 0.143. The molecule has 13 heavy (non-hydrogen) atoms. The van der Waals surface area contributed by atoms with Gasteiger partial charge in [-0.15, -0.1) is 0 Å². The predicted octanol–water partition coefficient (Wildman–Crippen LogP) is 1.55. The number of nitrogens with zero attached hydrogens (tertiary/aromatic N) is 1. The summed E-state index contributed by atoms with van der Waals surface area (Å²) in [5.74, 6) is 0. The van der Waals surface area contributed by atoms with Crippen LogP contribution in [0.2, 0.25) is 0 Å². The van der Waals surface area contributed by atoms with Gasteiger partial charge in [0, 0.05) is 19.1 Å². The van der Waals surface area contributed by atoms with Crippen molar-refractivity contribution < 1.29 is 4.39 Å². The Kier molecular flexibility index (Phi) is 3.68. The molecule has 0 amide bonds. The van der Waals surface area contributed by atoms with E-state index in [0.29, 0.717) is 18.9 Å². The van der Waals surface area contributed by atoms with E-state index in [2.05, 4.69) is 18.7 Å². The Morgan fingerprint density at radius 3 is 2.62 bits per heavy atom. The molecule has 1 saturated heterocycles. The highest BCUT2D eigenvalue weighted by Gasteiger charge is 2.31. The fraction of sp³-hybridized carbons (Fsp3) is 1.00. The summed E-state index contributed by atoms with van der Waals surface area (Å²) in [6.45, 7) is 6.37. The van der Waals surface area contributed by atoms with Gasteiger partial charge in [-0.3, -0.25) is 0 Å². The third-order valence-electron chi connectivity index (χ3n) is 3.01. The van der Waals surface area contributed by atoms with Crippen molar-refractivity contribution in [2.75, 3.05) is 19.6 Å². The van der Waals surface area contributed by atoms with E-state index in [1.54, 1.807) is 0 Å². The molecule has 1 rings (SSSR count). The first-order valence-electron chi connectivity index (χ1n) is 5.20. The maximum absolute atomic E-state index is 13.8. The van der Waals surface area contributed by atoms with Crippen LogP contribution in [0.3, 0.4) is 0 Å². The van der Waals surface area contributed by atoms with E-state index in [1.165, 1.54) is 0 Å². The summed E-state index contributed by atoms with van der Waals surface area (Å²) < 4.78 is 13.8. The van der Waals surface area contributed by atoms with Gasteiger partial charge in [0.15, 0.2) is 0 Å². The molecule has 0 saturated carbocycles. The van der Waals surface area contributed by atoms with Gasteiger partial charge in [-0.05, 0) is 39.7 Å². The van der Waals surface area contributed by atoms with Gasteiger partial charge >= 0.3 is 0 Å². The second kappa shape index (κ2) is 4.38. The molecule has 2 nitrogen and oxygen atoms in total. The minimum absolute atomic E-state index is 0.179. The Morgan fingerprint density at radius 2 is 2.08 bits per heavy atom. The van der Waals surface area contributed by atoms with Gasteiger partial charge in [0.25, 0.3) is 0 Å². The summed E-state index contributed by atoms with van der Waals surface area (Å²) in [5.41, 5.74) is 4.34. The van der Waals surface area contributed by atoms with E-state index in [-0.39, 0.29) is 6.54 Å². The number of likely N-dealkylation sites (tertiary alicyclic amines) is 1. The van der Waals surface area contributed by atoms with E-state index < -0.39 is 5.67 Å². The largest absolute Gasteiger partial charge is 0.328 e. The van der Waals surface area contributed by atoms with Gasteiger partial charge in [-0.2, -0.15) is 0 Å². The Balaban J connectivity index is 2.48. The number of alkyl halides is 1. The number of rotatable bonds is 2. The van der Waals surface area contributed by atoms with Gasteiger partial charge < -0.3 is 10.6 Å². The minimum Gasteiger partial charge on any atom is -0.328 e. The van der Waals surface area contributed by atoms with Crippen LogP contribution in [0.25, 0.3) is 0 Å². The zero-order valence-corrected chi connectivity index (χ0v) is 8.72. The summed E-state index contributed by atoms with van der Waals surface area (Å²) in [5, 5.41) is 0. The monoisotopic (exact) mass is 188 g/mol. The van der Waals surface area contributed by atoms with Crippen LogP contribution in [0.15, 0.2) is 0 Å². The summed E-state index contributed by atoms with van der Waals surface area (Å²) in [6.07, 6.45) is 2.17. The molecule has 0 aromatic carbocycles. The molecule has 3 heteroatoms. The van der Waals surface area contributed by atoms with Crippen LogP contribution < -0.4 is 5.73 Å². The molecule has 0 radical (unpaired) electrons. The maximum Gasteiger partial charge on any atom is 0.124 e. The van der Waals surface area contributed by atoms with Crippen LogP contribution >= 0.6 is 0 Å². The number of hydrogen-bond donors (Lipinski definition) is 1. The molecule has 1 fully saturated rings. The molecule has 0 spiro atoms. The average Bonchev–Trinajstić information content (AvgIpc) is 2.28. The fourth-order valence-corrected chi connectivity index (χ4v) is 1.90. The maximum atomic E-state index is 13.8. The van der Waals surface area contributed by atoms with Crippen molar-refractivity contribution in [1.29, 1.82) is 0 Å². The van der Waals surface area contributed by atoms with Gasteiger partial charge in [0.2, 0.25) is 0 Å². The van der Waals surface area contributed by atoms with Gasteiger partial charge in [0.05, 0.1) is 0 Å². The van der Waals surface area contributed by atoms with Gasteiger partial charge in [0.1, 0.15) is 5.67 Å². The van der Waals surface area contributed by atoms with Crippen molar-refractivity contribution in [3.05, 3.63) is 0 Å². The smallest absolute Gasteiger partial charge is 0.124 e. The Hall–Kier alpha value is -0.150. The molecule has 1 heterocycles. The quantitative estimate of drug-likeness (QED) is 0.712. The molecule has 78 valence electrons. The van der Waals surface area contributed by atoms with Gasteiger partial charge in [-0.25, -0.2) is 4.39 Å². The lowest BCUT2D eigenvalue weighted by atomic mass is 9.97. The van der Waals surface area contributed by atoms with Crippen molar-refractivity contribution in [2.45, 2.75) is 44.8 Å². The highest BCUT2D eigenvalue weighted by Crippen LogP contribution is 2.25. The average molecular weight is 188 g/mol. The van der Waals surface area contributed by atoms with Crippen molar-refractivity contribution >= 4 is 0 Å². The molecule has 0 aromatic heterocycles. The first-order chi connectivity index (χ1) is 6.07. The summed E-state index contributed by atoms with van der Waals surface area (Å²) >= 11 is 0. The molecule has 1 aliphatic heterocycles. The molecule has 1 aliphatic rings. The minimum atomic E-state index is -1.09. The summed E-state index contributed by atoms with van der Waals surface area (Å²) in [4.78, 5) is 2.33. The van der Waals surface area contributed by atoms with E-state index in [0.717, 1.165) is 19.5 Å². The zero-order valence-electron chi connectivity index (χ0n) is 8.72. The van der Waals surface area contributed by atoms with Crippen LogP contribution in [0, 0.1) is 0 Å². The van der Waals surface area contributed by atoms with Crippen LogP contribution in [0.1, 0.15) is 33.1 Å². The Morgan fingerprint density at radius 1 is 1.38 bits per heavy atom. The van der Waals surface area contributed by atoms with Crippen molar-refractivity contribution in [3.63, 3.8) is 0 Å². The SMILES string of the molecule is CC(C)N1CCCC(F)(CN)CC1.